The van der Waals surface area contributed by atoms with Crippen molar-refractivity contribution in [3.8, 4) is 0 Å². The van der Waals surface area contributed by atoms with Crippen LogP contribution in [0, 0.1) is 11.2 Å². The Morgan fingerprint density at radius 2 is 2.19 bits per heavy atom. The van der Waals surface area contributed by atoms with E-state index in [1.165, 1.54) is 19.2 Å². The Balaban J connectivity index is 2.10. The van der Waals surface area contributed by atoms with Gasteiger partial charge in [0, 0.05) is 23.8 Å². The molecule has 0 heterocycles. The molecule has 21 heavy (non-hydrogen) atoms. The Hall–Kier alpha value is -1.62. The molecule has 0 aliphatic heterocycles. The summed E-state index contributed by atoms with van der Waals surface area (Å²) in [6, 6.07) is 4.63. The molecule has 0 amide bonds. The van der Waals surface area contributed by atoms with Gasteiger partial charge in [0.2, 0.25) is 0 Å². The number of carbonyl (C=O) groups excluding carboxylic acids is 1. The van der Waals surface area contributed by atoms with Gasteiger partial charge in [0.15, 0.2) is 0 Å². The Kier molecular flexibility index (Phi) is 4.52. The molecule has 0 spiro atoms. The molecule has 2 atom stereocenters. The number of methoxy groups -OCH3 is 1. The van der Waals surface area contributed by atoms with Gasteiger partial charge in [-0.3, -0.25) is 0 Å². The maximum atomic E-state index is 13.6. The van der Waals surface area contributed by atoms with E-state index >= 15 is 0 Å². The lowest BCUT2D eigenvalue weighted by molar-refractivity contribution is -0.0975. The Bertz CT molecular complexity index is 530. The van der Waals surface area contributed by atoms with Crippen molar-refractivity contribution in [2.45, 2.75) is 39.3 Å². The first kappa shape index (κ1) is 15.8. The van der Waals surface area contributed by atoms with Crippen LogP contribution in [0.4, 0.5) is 10.1 Å². The van der Waals surface area contributed by atoms with Gasteiger partial charge in [-0.15, -0.1) is 0 Å². The molecule has 116 valence electrons. The second-order valence-electron chi connectivity index (χ2n) is 5.88. The summed E-state index contributed by atoms with van der Waals surface area (Å²) >= 11 is 0. The zero-order valence-corrected chi connectivity index (χ0v) is 12.9. The molecule has 1 aromatic carbocycles. The first-order valence-electron chi connectivity index (χ1n) is 7.16. The van der Waals surface area contributed by atoms with Gasteiger partial charge in [-0.05, 0) is 31.5 Å². The molecule has 1 saturated carbocycles. The van der Waals surface area contributed by atoms with E-state index in [9.17, 15) is 9.18 Å². The quantitative estimate of drug-likeness (QED) is 0.847. The molecular formula is C16H22FNO3. The van der Waals surface area contributed by atoms with E-state index in [0.29, 0.717) is 12.3 Å². The molecule has 1 aliphatic rings. The Morgan fingerprint density at radius 1 is 1.48 bits per heavy atom. The number of anilines is 1. The highest BCUT2D eigenvalue weighted by Crippen LogP contribution is 2.44. The zero-order valence-electron chi connectivity index (χ0n) is 12.9. The summed E-state index contributed by atoms with van der Waals surface area (Å²) < 4.78 is 23.9. The smallest absolute Gasteiger partial charge is 0.340 e. The highest BCUT2D eigenvalue weighted by atomic mass is 19.1. The van der Waals surface area contributed by atoms with Gasteiger partial charge in [0.05, 0.1) is 18.8 Å². The van der Waals surface area contributed by atoms with Gasteiger partial charge < -0.3 is 14.8 Å². The summed E-state index contributed by atoms with van der Waals surface area (Å²) in [4.78, 5) is 11.5. The highest BCUT2D eigenvalue weighted by Gasteiger charge is 2.48. The van der Waals surface area contributed by atoms with Gasteiger partial charge in [-0.25, -0.2) is 9.18 Å². The minimum Gasteiger partial charge on any atom is -0.465 e. The maximum absolute atomic E-state index is 13.6. The van der Waals surface area contributed by atoms with Crippen molar-refractivity contribution in [1.82, 2.24) is 0 Å². The van der Waals surface area contributed by atoms with E-state index in [1.807, 2.05) is 6.92 Å². The van der Waals surface area contributed by atoms with Gasteiger partial charge in [-0.2, -0.15) is 0 Å². The van der Waals surface area contributed by atoms with E-state index < -0.39 is 11.8 Å². The van der Waals surface area contributed by atoms with Crippen LogP contribution in [0.25, 0.3) is 0 Å². The minimum atomic E-state index is -0.670. The fraction of sp³-hybridized carbons (Fsp3) is 0.562. The van der Waals surface area contributed by atoms with E-state index in [2.05, 4.69) is 23.9 Å². The van der Waals surface area contributed by atoms with Crippen LogP contribution in [0.5, 0.6) is 0 Å². The monoisotopic (exact) mass is 295 g/mol. The molecule has 0 bridgehead atoms. The zero-order chi connectivity index (χ0) is 15.6. The van der Waals surface area contributed by atoms with E-state index in [1.54, 1.807) is 6.07 Å². The lowest BCUT2D eigenvalue weighted by Crippen LogP contribution is -2.58. The molecule has 2 rings (SSSR count). The molecule has 2 unspecified atom stereocenters. The first-order chi connectivity index (χ1) is 9.90. The molecule has 1 aliphatic carbocycles. The Labute approximate surface area is 124 Å². The van der Waals surface area contributed by atoms with Crippen LogP contribution in [0.15, 0.2) is 18.2 Å². The van der Waals surface area contributed by atoms with Crippen LogP contribution in [0.2, 0.25) is 0 Å². The van der Waals surface area contributed by atoms with E-state index in [0.717, 1.165) is 6.42 Å². The Morgan fingerprint density at radius 3 is 2.76 bits per heavy atom. The number of halogens is 1. The largest absolute Gasteiger partial charge is 0.465 e. The van der Waals surface area contributed by atoms with Crippen molar-refractivity contribution in [1.29, 1.82) is 0 Å². The molecule has 1 aromatic rings. The molecular weight excluding hydrogens is 273 g/mol. The second kappa shape index (κ2) is 6.02. The van der Waals surface area contributed by atoms with Crippen LogP contribution in [0.3, 0.4) is 0 Å². The third-order valence-corrected chi connectivity index (χ3v) is 4.26. The first-order valence-corrected chi connectivity index (χ1v) is 7.16. The maximum Gasteiger partial charge on any atom is 0.340 e. The van der Waals surface area contributed by atoms with Crippen molar-refractivity contribution in [3.05, 3.63) is 29.6 Å². The summed E-state index contributed by atoms with van der Waals surface area (Å²) in [7, 11) is 1.24. The standard InChI is InChI=1S/C16H22FNO3/c1-5-21-14-9-13(16(14,2)3)18-10-6-7-12(17)11(8-10)15(19)20-4/h6-8,13-14,18H,5,9H2,1-4H3. The number of nitrogens with one attached hydrogen (secondary N) is 1. The molecule has 1 fully saturated rings. The number of hydrogen-bond acceptors (Lipinski definition) is 4. The molecule has 0 radical (unpaired) electrons. The molecule has 0 aromatic heterocycles. The molecule has 5 heteroatoms. The average Bonchev–Trinajstić information content (AvgIpc) is 2.47. The fourth-order valence-electron chi connectivity index (χ4n) is 2.70. The van der Waals surface area contributed by atoms with Crippen LogP contribution in [-0.4, -0.2) is 31.8 Å². The SMILES string of the molecule is CCOC1CC(Nc2ccc(F)c(C(=O)OC)c2)C1(C)C. The molecule has 0 saturated heterocycles. The van der Waals surface area contributed by atoms with Gasteiger partial charge >= 0.3 is 5.97 Å². The van der Waals surface area contributed by atoms with Crippen molar-refractivity contribution < 1.29 is 18.7 Å². The molecule has 4 nitrogen and oxygen atoms in total. The predicted molar refractivity (Wildman–Crippen MR) is 79.0 cm³/mol. The summed E-state index contributed by atoms with van der Waals surface area (Å²) in [5.74, 6) is -1.25. The number of rotatable bonds is 5. The lowest BCUT2D eigenvalue weighted by atomic mass is 9.64. The van der Waals surface area contributed by atoms with Crippen LogP contribution < -0.4 is 5.32 Å². The van der Waals surface area contributed by atoms with Crippen LogP contribution >= 0.6 is 0 Å². The predicted octanol–water partition coefficient (Wildman–Crippen LogP) is 3.23. The number of carbonyl (C=O) groups is 1. The van der Waals surface area contributed by atoms with Gasteiger partial charge in [0.25, 0.3) is 0 Å². The topological polar surface area (TPSA) is 47.6 Å². The third-order valence-electron chi connectivity index (χ3n) is 4.26. The minimum absolute atomic E-state index is 0.00414. The normalized spacial score (nSPS) is 23.3. The van der Waals surface area contributed by atoms with Crippen molar-refractivity contribution >= 4 is 11.7 Å². The highest BCUT2D eigenvalue weighted by molar-refractivity contribution is 5.90. The van der Waals surface area contributed by atoms with Crippen molar-refractivity contribution in [2.75, 3.05) is 19.0 Å². The second-order valence-corrected chi connectivity index (χ2v) is 5.88. The summed E-state index contributed by atoms with van der Waals surface area (Å²) in [5, 5.41) is 3.35. The van der Waals surface area contributed by atoms with E-state index in [-0.39, 0.29) is 23.1 Å². The van der Waals surface area contributed by atoms with Crippen LogP contribution in [0.1, 0.15) is 37.6 Å². The molecule has 1 N–H and O–H groups in total. The summed E-state index contributed by atoms with van der Waals surface area (Å²) in [5.41, 5.74) is 0.654. The van der Waals surface area contributed by atoms with E-state index in [4.69, 9.17) is 4.74 Å². The number of hydrogen-bond donors (Lipinski definition) is 1. The number of esters is 1. The van der Waals surface area contributed by atoms with Crippen molar-refractivity contribution in [3.63, 3.8) is 0 Å². The van der Waals surface area contributed by atoms with Crippen molar-refractivity contribution in [2.24, 2.45) is 5.41 Å². The van der Waals surface area contributed by atoms with Gasteiger partial charge in [-0.1, -0.05) is 13.8 Å². The van der Waals surface area contributed by atoms with Gasteiger partial charge in [0.1, 0.15) is 5.82 Å². The number of ether oxygens (including phenoxy) is 2. The average molecular weight is 295 g/mol. The third kappa shape index (κ3) is 3.02. The summed E-state index contributed by atoms with van der Waals surface area (Å²) in [6.45, 7) is 6.96. The fourth-order valence-corrected chi connectivity index (χ4v) is 2.70. The lowest BCUT2D eigenvalue weighted by Gasteiger charge is -2.52. The number of benzene rings is 1. The van der Waals surface area contributed by atoms with Crippen LogP contribution in [-0.2, 0) is 9.47 Å². The summed E-state index contributed by atoms with van der Waals surface area (Å²) in [6.07, 6.45) is 1.12.